The molecule has 0 bridgehead atoms. The first-order valence-electron chi connectivity index (χ1n) is 13.5. The fourth-order valence-electron chi connectivity index (χ4n) is 5.69. The number of aryl methyl sites for hydroxylation is 6. The standard InChI is InChI=1S/C36H36BN/c1-25-13-19-32(20-14-25)38(33-21-15-26(2)16-22-33)34-23-17-31(18-24-34)37(35-27(3)9-7-10-28(35)4)36-29(5)11-8-12-30(36)6/h7-24H,1-6H3. The first-order chi connectivity index (χ1) is 18.3. The van der Waals surface area contributed by atoms with Crippen LogP contribution in [0.3, 0.4) is 0 Å². The van der Waals surface area contributed by atoms with Crippen molar-refractivity contribution in [3.63, 3.8) is 0 Å². The molecule has 0 aliphatic heterocycles. The summed E-state index contributed by atoms with van der Waals surface area (Å²) >= 11 is 0. The molecule has 188 valence electrons. The van der Waals surface area contributed by atoms with Gasteiger partial charge in [-0.05, 0) is 77.9 Å². The number of hydrogen-bond acceptors (Lipinski definition) is 1. The number of nitrogens with zero attached hydrogens (tertiary/aromatic N) is 1. The van der Waals surface area contributed by atoms with Gasteiger partial charge in [0.05, 0.1) is 0 Å². The number of benzene rings is 5. The molecule has 0 aliphatic carbocycles. The molecule has 38 heavy (non-hydrogen) atoms. The lowest BCUT2D eigenvalue weighted by Crippen LogP contribution is -2.55. The van der Waals surface area contributed by atoms with Crippen LogP contribution in [0.5, 0.6) is 0 Å². The summed E-state index contributed by atoms with van der Waals surface area (Å²) in [5, 5.41) is 0. The molecular formula is C36H36BN. The third-order valence-corrected chi connectivity index (χ3v) is 7.73. The second-order valence-corrected chi connectivity index (χ2v) is 10.6. The molecule has 0 unspecified atom stereocenters. The second-order valence-electron chi connectivity index (χ2n) is 10.6. The third kappa shape index (κ3) is 5.04. The van der Waals surface area contributed by atoms with E-state index >= 15 is 0 Å². The Morgan fingerprint density at radius 2 is 0.711 bits per heavy atom. The van der Waals surface area contributed by atoms with Crippen molar-refractivity contribution in [3.05, 3.63) is 143 Å². The lowest BCUT2D eigenvalue weighted by atomic mass is 9.34. The summed E-state index contributed by atoms with van der Waals surface area (Å²) in [7, 11) is 0. The van der Waals surface area contributed by atoms with Crippen LogP contribution in [-0.2, 0) is 0 Å². The molecule has 0 saturated heterocycles. The summed E-state index contributed by atoms with van der Waals surface area (Å²) in [6.45, 7) is 13.4. The Morgan fingerprint density at radius 3 is 1.05 bits per heavy atom. The Kier molecular flexibility index (Phi) is 7.25. The van der Waals surface area contributed by atoms with E-state index in [1.54, 1.807) is 0 Å². The van der Waals surface area contributed by atoms with Crippen molar-refractivity contribution in [2.45, 2.75) is 41.5 Å². The van der Waals surface area contributed by atoms with Gasteiger partial charge < -0.3 is 4.90 Å². The molecule has 0 amide bonds. The van der Waals surface area contributed by atoms with Gasteiger partial charge in [-0.2, -0.15) is 0 Å². The van der Waals surface area contributed by atoms with E-state index in [9.17, 15) is 0 Å². The van der Waals surface area contributed by atoms with Crippen molar-refractivity contribution < 1.29 is 0 Å². The number of rotatable bonds is 6. The average molecular weight is 494 g/mol. The Bertz CT molecular complexity index is 1410. The highest BCUT2D eigenvalue weighted by molar-refractivity contribution is 6.96. The summed E-state index contributed by atoms with van der Waals surface area (Å²) in [5.41, 5.74) is 15.5. The van der Waals surface area contributed by atoms with E-state index in [1.807, 2.05) is 0 Å². The largest absolute Gasteiger partial charge is 0.311 e. The zero-order chi connectivity index (χ0) is 26.8. The summed E-state index contributed by atoms with van der Waals surface area (Å²) in [6.07, 6.45) is 0. The second kappa shape index (κ2) is 10.8. The molecule has 0 fully saturated rings. The molecule has 2 heteroatoms. The zero-order valence-corrected chi connectivity index (χ0v) is 23.4. The van der Waals surface area contributed by atoms with E-state index in [0.29, 0.717) is 0 Å². The normalized spacial score (nSPS) is 10.9. The van der Waals surface area contributed by atoms with Gasteiger partial charge in [-0.15, -0.1) is 0 Å². The van der Waals surface area contributed by atoms with Gasteiger partial charge in [-0.3, -0.25) is 0 Å². The minimum Gasteiger partial charge on any atom is -0.311 e. The molecule has 0 spiro atoms. The van der Waals surface area contributed by atoms with Crippen LogP contribution in [0.2, 0.25) is 0 Å². The van der Waals surface area contributed by atoms with Gasteiger partial charge in [0.1, 0.15) is 0 Å². The predicted molar refractivity (Wildman–Crippen MR) is 167 cm³/mol. The van der Waals surface area contributed by atoms with Crippen molar-refractivity contribution >= 4 is 40.2 Å². The molecule has 1 nitrogen and oxygen atoms in total. The van der Waals surface area contributed by atoms with Crippen molar-refractivity contribution in [2.75, 3.05) is 4.90 Å². The summed E-state index contributed by atoms with van der Waals surface area (Å²) in [5.74, 6) is 0. The van der Waals surface area contributed by atoms with Crippen molar-refractivity contribution in [3.8, 4) is 0 Å². The van der Waals surface area contributed by atoms with Crippen LogP contribution in [0.25, 0.3) is 0 Å². The van der Waals surface area contributed by atoms with Gasteiger partial charge >= 0.3 is 0 Å². The molecule has 0 saturated carbocycles. The van der Waals surface area contributed by atoms with Crippen LogP contribution < -0.4 is 21.3 Å². The van der Waals surface area contributed by atoms with Gasteiger partial charge in [0, 0.05) is 17.1 Å². The maximum Gasteiger partial charge on any atom is 0.242 e. The molecule has 5 aromatic carbocycles. The minimum absolute atomic E-state index is 0.179. The SMILES string of the molecule is Cc1ccc(N(c2ccc(C)cc2)c2ccc(B(c3c(C)cccc3C)c3c(C)cccc3C)cc2)cc1. The quantitative estimate of drug-likeness (QED) is 0.221. The first-order valence-corrected chi connectivity index (χ1v) is 13.5. The van der Waals surface area contributed by atoms with Crippen LogP contribution in [0.4, 0.5) is 17.1 Å². The number of hydrogen-bond donors (Lipinski definition) is 0. The van der Waals surface area contributed by atoms with Crippen molar-refractivity contribution in [1.82, 2.24) is 0 Å². The lowest BCUT2D eigenvalue weighted by molar-refractivity contribution is 1.27. The molecule has 0 N–H and O–H groups in total. The Morgan fingerprint density at radius 1 is 0.395 bits per heavy atom. The monoisotopic (exact) mass is 493 g/mol. The van der Waals surface area contributed by atoms with Gasteiger partial charge in [0.2, 0.25) is 6.71 Å². The minimum atomic E-state index is 0.179. The van der Waals surface area contributed by atoms with Gasteiger partial charge in [0.25, 0.3) is 0 Å². The van der Waals surface area contributed by atoms with Crippen molar-refractivity contribution in [2.24, 2.45) is 0 Å². The summed E-state index contributed by atoms with van der Waals surface area (Å²) < 4.78 is 0. The fraction of sp³-hybridized carbons (Fsp3) is 0.167. The Hall–Kier alpha value is -4.04. The van der Waals surface area contributed by atoms with Crippen molar-refractivity contribution in [1.29, 1.82) is 0 Å². The average Bonchev–Trinajstić information content (AvgIpc) is 2.90. The molecule has 5 aromatic rings. The van der Waals surface area contributed by atoms with Gasteiger partial charge in [0.15, 0.2) is 0 Å². The molecular weight excluding hydrogens is 457 g/mol. The van der Waals surface area contributed by atoms with E-state index in [1.165, 1.54) is 49.8 Å². The van der Waals surface area contributed by atoms with Crippen LogP contribution in [0.15, 0.2) is 109 Å². The summed E-state index contributed by atoms with van der Waals surface area (Å²) in [4.78, 5) is 2.34. The van der Waals surface area contributed by atoms with E-state index in [2.05, 4.69) is 156 Å². The highest BCUT2D eigenvalue weighted by atomic mass is 15.1. The highest BCUT2D eigenvalue weighted by Gasteiger charge is 2.28. The van der Waals surface area contributed by atoms with E-state index in [0.717, 1.165) is 17.1 Å². The molecule has 0 heterocycles. The van der Waals surface area contributed by atoms with Crippen LogP contribution in [0, 0.1) is 41.5 Å². The fourth-order valence-corrected chi connectivity index (χ4v) is 5.69. The maximum atomic E-state index is 2.34. The van der Waals surface area contributed by atoms with Crippen LogP contribution >= 0.6 is 0 Å². The van der Waals surface area contributed by atoms with E-state index in [4.69, 9.17) is 0 Å². The lowest BCUT2D eigenvalue weighted by Gasteiger charge is -2.27. The zero-order valence-electron chi connectivity index (χ0n) is 23.4. The van der Waals surface area contributed by atoms with E-state index < -0.39 is 0 Å². The summed E-state index contributed by atoms with van der Waals surface area (Å²) in [6, 6.07) is 40.1. The first kappa shape index (κ1) is 25.6. The molecule has 0 aromatic heterocycles. The topological polar surface area (TPSA) is 3.24 Å². The Balaban J connectivity index is 1.65. The molecule has 0 atom stereocenters. The van der Waals surface area contributed by atoms with Crippen LogP contribution in [0.1, 0.15) is 33.4 Å². The highest BCUT2D eigenvalue weighted by Crippen LogP contribution is 2.34. The molecule has 5 rings (SSSR count). The van der Waals surface area contributed by atoms with Crippen LogP contribution in [-0.4, -0.2) is 6.71 Å². The van der Waals surface area contributed by atoms with Gasteiger partial charge in [-0.25, -0.2) is 0 Å². The third-order valence-electron chi connectivity index (χ3n) is 7.73. The molecule has 0 radical (unpaired) electrons. The Labute approximate surface area is 228 Å². The number of anilines is 3. The maximum absolute atomic E-state index is 2.34. The van der Waals surface area contributed by atoms with Gasteiger partial charge in [-0.1, -0.05) is 123 Å². The van der Waals surface area contributed by atoms with E-state index in [-0.39, 0.29) is 6.71 Å². The smallest absolute Gasteiger partial charge is 0.242 e. The predicted octanol–water partition coefficient (Wildman–Crippen LogP) is 7.52. The molecule has 0 aliphatic rings.